The van der Waals surface area contributed by atoms with Crippen LogP contribution in [0.1, 0.15) is 49.9 Å². The van der Waals surface area contributed by atoms with Gasteiger partial charge in [-0.05, 0) is 61.7 Å². The van der Waals surface area contributed by atoms with Crippen molar-refractivity contribution in [2.75, 3.05) is 6.26 Å². The van der Waals surface area contributed by atoms with E-state index in [9.17, 15) is 4.21 Å². The van der Waals surface area contributed by atoms with Crippen molar-refractivity contribution >= 4 is 10.8 Å². The van der Waals surface area contributed by atoms with Crippen molar-refractivity contribution in [1.29, 1.82) is 0 Å². The van der Waals surface area contributed by atoms with Gasteiger partial charge in [-0.2, -0.15) is 0 Å². The zero-order valence-corrected chi connectivity index (χ0v) is 20.6. The Hall–Kier alpha value is -2.97. The molecular formula is C31H28OS. The first-order valence-corrected chi connectivity index (χ1v) is 13.1. The fraction of sp³-hybridized carbons (Fsp3) is 0.226. The van der Waals surface area contributed by atoms with E-state index < -0.39 is 10.8 Å². The van der Waals surface area contributed by atoms with Gasteiger partial charge >= 0.3 is 0 Å². The molecular weight excluding hydrogens is 420 g/mol. The largest absolute Gasteiger partial charge is 0.255 e. The third-order valence-corrected chi connectivity index (χ3v) is 8.82. The van der Waals surface area contributed by atoms with Gasteiger partial charge in [-0.1, -0.05) is 100 Å². The van der Waals surface area contributed by atoms with Gasteiger partial charge in [-0.3, -0.25) is 4.21 Å². The summed E-state index contributed by atoms with van der Waals surface area (Å²) in [6, 6.07) is 28.4. The average Bonchev–Trinajstić information content (AvgIpc) is 3.19. The van der Waals surface area contributed by atoms with E-state index in [1.165, 1.54) is 50.1 Å². The van der Waals surface area contributed by atoms with Crippen molar-refractivity contribution in [2.45, 2.75) is 43.4 Å². The molecule has 0 aromatic heterocycles. The predicted molar refractivity (Wildman–Crippen MR) is 139 cm³/mol. The third kappa shape index (κ3) is 2.62. The summed E-state index contributed by atoms with van der Waals surface area (Å²) in [6.45, 7) is 9.41. The standard InChI is InChI=1S/C31H28OS/c1-30(2)24-15-8-6-11-19(24)22-17-18-25-27(29(22)30)23-14-10-13-21(28(23)31(25,3)4)20-12-7-9-16-26(20)33(5)32/h6-18H,1-5H3. The van der Waals surface area contributed by atoms with Crippen molar-refractivity contribution < 1.29 is 4.21 Å². The Bertz CT molecular complexity index is 1490. The minimum atomic E-state index is -1.05. The van der Waals surface area contributed by atoms with Gasteiger partial charge in [-0.15, -0.1) is 0 Å². The fourth-order valence-corrected chi connectivity index (χ4v) is 7.17. The van der Waals surface area contributed by atoms with Crippen LogP contribution in [-0.2, 0) is 21.6 Å². The molecule has 0 aliphatic heterocycles. The van der Waals surface area contributed by atoms with Crippen LogP contribution in [0.2, 0.25) is 0 Å². The molecule has 0 bridgehead atoms. The minimum absolute atomic E-state index is 0.0617. The lowest BCUT2D eigenvalue weighted by Gasteiger charge is -2.26. The summed E-state index contributed by atoms with van der Waals surface area (Å²) in [5.41, 5.74) is 13.1. The lowest BCUT2D eigenvalue weighted by molar-refractivity contribution is 0.648. The third-order valence-electron chi connectivity index (χ3n) is 7.84. The Labute approximate surface area is 199 Å². The summed E-state index contributed by atoms with van der Waals surface area (Å²) in [7, 11) is -1.05. The smallest absolute Gasteiger partial charge is 0.0504 e. The lowest BCUT2D eigenvalue weighted by atomic mass is 9.76. The summed E-state index contributed by atoms with van der Waals surface area (Å²) in [4.78, 5) is 0.899. The Morgan fingerprint density at radius 3 is 1.88 bits per heavy atom. The summed E-state index contributed by atoms with van der Waals surface area (Å²) < 4.78 is 12.6. The summed E-state index contributed by atoms with van der Waals surface area (Å²) in [6.07, 6.45) is 1.77. The maximum atomic E-state index is 12.6. The molecule has 33 heavy (non-hydrogen) atoms. The van der Waals surface area contributed by atoms with Gasteiger partial charge < -0.3 is 0 Å². The zero-order chi connectivity index (χ0) is 23.1. The van der Waals surface area contributed by atoms with Gasteiger partial charge in [0.05, 0.1) is 10.8 Å². The van der Waals surface area contributed by atoms with Gasteiger partial charge in [0.1, 0.15) is 0 Å². The van der Waals surface area contributed by atoms with Gasteiger partial charge in [0.15, 0.2) is 0 Å². The van der Waals surface area contributed by atoms with E-state index in [4.69, 9.17) is 0 Å². The molecule has 0 fully saturated rings. The molecule has 164 valence electrons. The van der Waals surface area contributed by atoms with Crippen LogP contribution >= 0.6 is 0 Å². The fourth-order valence-electron chi connectivity index (χ4n) is 6.41. The van der Waals surface area contributed by atoms with Crippen molar-refractivity contribution in [3.05, 3.63) is 101 Å². The van der Waals surface area contributed by atoms with E-state index in [1.54, 1.807) is 6.26 Å². The molecule has 0 N–H and O–H groups in total. The van der Waals surface area contributed by atoms with Crippen molar-refractivity contribution in [2.24, 2.45) is 0 Å². The molecule has 2 heteroatoms. The quantitative estimate of drug-likeness (QED) is 0.307. The Morgan fingerprint density at radius 2 is 1.12 bits per heavy atom. The van der Waals surface area contributed by atoms with Crippen LogP contribution in [0.5, 0.6) is 0 Å². The van der Waals surface area contributed by atoms with Gasteiger partial charge in [-0.25, -0.2) is 0 Å². The van der Waals surface area contributed by atoms with E-state index in [0.717, 1.165) is 10.5 Å². The molecule has 0 spiro atoms. The highest BCUT2D eigenvalue weighted by molar-refractivity contribution is 7.84. The maximum Gasteiger partial charge on any atom is 0.0504 e. The van der Waals surface area contributed by atoms with Crippen molar-refractivity contribution in [3.63, 3.8) is 0 Å². The summed E-state index contributed by atoms with van der Waals surface area (Å²) >= 11 is 0. The molecule has 0 heterocycles. The SMILES string of the molecule is CS(=O)c1ccccc1-c1cccc2c1C(C)(C)c1ccc3c(c1-2)C(C)(C)c1ccccc1-3. The maximum absolute atomic E-state index is 12.6. The van der Waals surface area contributed by atoms with Gasteiger partial charge in [0.2, 0.25) is 0 Å². The second-order valence-electron chi connectivity index (χ2n) is 10.4. The van der Waals surface area contributed by atoms with E-state index in [0.29, 0.717) is 0 Å². The lowest BCUT2D eigenvalue weighted by Crippen LogP contribution is -2.18. The monoisotopic (exact) mass is 448 g/mol. The molecule has 0 saturated heterocycles. The number of fused-ring (bicyclic) bond motifs is 7. The number of hydrogen-bond acceptors (Lipinski definition) is 1. The van der Waals surface area contributed by atoms with Crippen LogP contribution in [0.15, 0.2) is 83.8 Å². The summed E-state index contributed by atoms with van der Waals surface area (Å²) in [5.74, 6) is 0. The van der Waals surface area contributed by atoms with Crippen LogP contribution < -0.4 is 0 Å². The molecule has 4 aromatic carbocycles. The molecule has 4 aromatic rings. The van der Waals surface area contributed by atoms with Gasteiger partial charge in [0.25, 0.3) is 0 Å². The first kappa shape index (κ1) is 20.6. The normalized spacial score (nSPS) is 17.1. The number of hydrogen-bond donors (Lipinski definition) is 0. The van der Waals surface area contributed by atoms with Crippen LogP contribution in [0.3, 0.4) is 0 Å². The van der Waals surface area contributed by atoms with E-state index in [2.05, 4.69) is 94.4 Å². The van der Waals surface area contributed by atoms with E-state index in [-0.39, 0.29) is 10.8 Å². The average molecular weight is 449 g/mol. The molecule has 2 aliphatic carbocycles. The number of benzene rings is 4. The molecule has 1 atom stereocenters. The first-order chi connectivity index (χ1) is 15.7. The molecule has 0 saturated carbocycles. The molecule has 6 rings (SSSR count). The highest BCUT2D eigenvalue weighted by Gasteiger charge is 2.45. The second kappa shape index (κ2) is 6.77. The summed E-state index contributed by atoms with van der Waals surface area (Å²) in [5, 5.41) is 0. The van der Waals surface area contributed by atoms with E-state index >= 15 is 0 Å². The Kier molecular flexibility index (Phi) is 4.23. The highest BCUT2D eigenvalue weighted by atomic mass is 32.2. The van der Waals surface area contributed by atoms with Crippen molar-refractivity contribution in [1.82, 2.24) is 0 Å². The predicted octanol–water partition coefficient (Wildman–Crippen LogP) is 7.70. The van der Waals surface area contributed by atoms with Crippen LogP contribution in [-0.4, -0.2) is 10.5 Å². The Morgan fingerprint density at radius 1 is 0.545 bits per heavy atom. The minimum Gasteiger partial charge on any atom is -0.255 e. The van der Waals surface area contributed by atoms with Crippen LogP contribution in [0.25, 0.3) is 33.4 Å². The molecule has 1 nitrogen and oxygen atoms in total. The first-order valence-electron chi connectivity index (χ1n) is 11.6. The van der Waals surface area contributed by atoms with Crippen LogP contribution in [0, 0.1) is 0 Å². The molecule has 1 unspecified atom stereocenters. The highest BCUT2D eigenvalue weighted by Crippen LogP contribution is 2.60. The molecule has 0 amide bonds. The molecule has 0 radical (unpaired) electrons. The number of rotatable bonds is 2. The zero-order valence-electron chi connectivity index (χ0n) is 19.8. The van der Waals surface area contributed by atoms with Crippen LogP contribution in [0.4, 0.5) is 0 Å². The topological polar surface area (TPSA) is 17.1 Å². The second-order valence-corrected chi connectivity index (χ2v) is 11.7. The Balaban J connectivity index is 1.70. The van der Waals surface area contributed by atoms with E-state index in [1.807, 2.05) is 12.1 Å². The van der Waals surface area contributed by atoms with Gasteiger partial charge in [0, 0.05) is 22.0 Å². The molecule has 2 aliphatic rings. The van der Waals surface area contributed by atoms with Crippen molar-refractivity contribution in [3.8, 4) is 33.4 Å².